The lowest BCUT2D eigenvalue weighted by Gasteiger charge is -2.25. The first-order valence-electron chi connectivity index (χ1n) is 10.9. The van der Waals surface area contributed by atoms with Crippen LogP contribution in [-0.4, -0.2) is 31.4 Å². The minimum atomic E-state index is -3.21. The van der Waals surface area contributed by atoms with Crippen LogP contribution in [0.1, 0.15) is 69.9 Å². The topological polar surface area (TPSA) is 60.3 Å². The molecule has 1 aliphatic carbocycles. The maximum atomic E-state index is 12.5. The molecule has 0 atom stereocenters. The molecule has 2 fully saturated rings. The predicted molar refractivity (Wildman–Crippen MR) is 118 cm³/mol. The van der Waals surface area contributed by atoms with E-state index in [0.29, 0.717) is 12.5 Å². The van der Waals surface area contributed by atoms with Crippen molar-refractivity contribution in [2.45, 2.75) is 77.1 Å². The molecule has 4 rings (SSSR count). The molecule has 160 valence electrons. The van der Waals surface area contributed by atoms with Crippen molar-refractivity contribution in [3.05, 3.63) is 35.5 Å². The molecule has 1 aliphatic heterocycles. The molecule has 1 aromatic carbocycles. The van der Waals surface area contributed by atoms with Gasteiger partial charge in [-0.3, -0.25) is 0 Å². The van der Waals surface area contributed by atoms with E-state index in [1.54, 1.807) is 0 Å². The summed E-state index contributed by atoms with van der Waals surface area (Å²) in [6.45, 7) is 9.64. The van der Waals surface area contributed by atoms with E-state index in [4.69, 9.17) is 4.74 Å². The summed E-state index contributed by atoms with van der Waals surface area (Å²) in [7, 11) is -3.21. The van der Waals surface area contributed by atoms with Crippen LogP contribution < -0.4 is 4.72 Å². The fourth-order valence-electron chi connectivity index (χ4n) is 4.43. The summed E-state index contributed by atoms with van der Waals surface area (Å²) in [4.78, 5) is 0. The van der Waals surface area contributed by atoms with Crippen molar-refractivity contribution in [2.24, 2.45) is 5.41 Å². The van der Waals surface area contributed by atoms with Gasteiger partial charge in [0.2, 0.25) is 10.0 Å². The van der Waals surface area contributed by atoms with Crippen molar-refractivity contribution >= 4 is 20.9 Å². The molecule has 0 amide bonds. The third-order valence-electron chi connectivity index (χ3n) is 6.28. The molecular weight excluding hydrogens is 384 g/mol. The molecule has 2 aliphatic rings. The third kappa shape index (κ3) is 4.70. The van der Waals surface area contributed by atoms with Gasteiger partial charge in [-0.05, 0) is 54.2 Å². The molecule has 1 aromatic heterocycles. The Labute approximate surface area is 174 Å². The van der Waals surface area contributed by atoms with E-state index < -0.39 is 10.0 Å². The highest BCUT2D eigenvalue weighted by molar-refractivity contribution is 7.90. The van der Waals surface area contributed by atoms with Crippen molar-refractivity contribution in [2.75, 3.05) is 13.2 Å². The van der Waals surface area contributed by atoms with Gasteiger partial charge >= 0.3 is 0 Å². The molecule has 0 radical (unpaired) electrons. The van der Waals surface area contributed by atoms with Gasteiger partial charge in [-0.15, -0.1) is 0 Å². The Morgan fingerprint density at radius 2 is 1.86 bits per heavy atom. The highest BCUT2D eigenvalue weighted by Gasteiger charge is 2.31. The maximum absolute atomic E-state index is 12.5. The molecule has 2 aromatic rings. The SMILES string of the molecule is CC(C)(C)Cn1cc(CNS(=O)(=O)C2CCC2)c2ccc(C3CCOCC3)cc21. The number of benzene rings is 1. The average Bonchev–Trinajstić information content (AvgIpc) is 2.94. The van der Waals surface area contributed by atoms with Crippen LogP contribution in [0.5, 0.6) is 0 Å². The number of ether oxygens (including phenoxy) is 1. The summed E-state index contributed by atoms with van der Waals surface area (Å²) in [6.07, 6.45) is 6.88. The molecule has 1 saturated heterocycles. The standard InChI is InChI=1S/C23H34N2O3S/c1-23(2,3)16-25-15-19(14-24-29(26,27)20-5-4-6-20)21-8-7-18(13-22(21)25)17-9-11-28-12-10-17/h7-8,13,15,17,20,24H,4-6,9-12,14,16H2,1-3H3. The number of nitrogens with zero attached hydrogens (tertiary/aromatic N) is 1. The van der Waals surface area contributed by atoms with Gasteiger partial charge in [0.05, 0.1) is 5.25 Å². The fourth-order valence-corrected chi connectivity index (χ4v) is 5.98. The minimum absolute atomic E-state index is 0.142. The van der Waals surface area contributed by atoms with E-state index in [9.17, 15) is 8.42 Å². The largest absolute Gasteiger partial charge is 0.381 e. The van der Waals surface area contributed by atoms with Crippen LogP contribution in [0.15, 0.2) is 24.4 Å². The second-order valence-corrected chi connectivity index (χ2v) is 12.0. The second-order valence-electron chi connectivity index (χ2n) is 9.93. The summed E-state index contributed by atoms with van der Waals surface area (Å²) in [5, 5.41) is 0.951. The number of sulfonamides is 1. The lowest BCUT2D eigenvalue weighted by atomic mass is 9.91. The normalized spacial score (nSPS) is 19.6. The highest BCUT2D eigenvalue weighted by atomic mass is 32.2. The molecular formula is C23H34N2O3S. The molecule has 6 heteroatoms. The molecule has 0 spiro atoms. The highest BCUT2D eigenvalue weighted by Crippen LogP contribution is 2.33. The van der Waals surface area contributed by atoms with Crippen LogP contribution in [0.2, 0.25) is 0 Å². The number of nitrogens with one attached hydrogen (secondary N) is 1. The lowest BCUT2D eigenvalue weighted by Crippen LogP contribution is -2.38. The van der Waals surface area contributed by atoms with Gasteiger partial charge in [0.15, 0.2) is 0 Å². The van der Waals surface area contributed by atoms with Gasteiger partial charge in [0, 0.05) is 43.4 Å². The molecule has 1 N–H and O–H groups in total. The Balaban J connectivity index is 1.64. The fraction of sp³-hybridized carbons (Fsp3) is 0.652. The van der Waals surface area contributed by atoms with Crippen LogP contribution >= 0.6 is 0 Å². The van der Waals surface area contributed by atoms with Crippen molar-refractivity contribution in [1.29, 1.82) is 0 Å². The Morgan fingerprint density at radius 1 is 1.14 bits per heavy atom. The summed E-state index contributed by atoms with van der Waals surface area (Å²) >= 11 is 0. The summed E-state index contributed by atoms with van der Waals surface area (Å²) in [5.74, 6) is 0.548. The average molecular weight is 419 g/mol. The molecule has 0 bridgehead atoms. The van der Waals surface area contributed by atoms with Gasteiger partial charge in [-0.25, -0.2) is 13.1 Å². The zero-order valence-electron chi connectivity index (χ0n) is 17.9. The third-order valence-corrected chi connectivity index (χ3v) is 8.18. The minimum Gasteiger partial charge on any atom is -0.381 e. The summed E-state index contributed by atoms with van der Waals surface area (Å²) in [6, 6.07) is 6.73. The summed E-state index contributed by atoms with van der Waals surface area (Å²) in [5.41, 5.74) is 3.78. The van der Waals surface area contributed by atoms with E-state index in [0.717, 1.165) is 62.8 Å². The molecule has 0 unspecified atom stereocenters. The van der Waals surface area contributed by atoms with E-state index >= 15 is 0 Å². The van der Waals surface area contributed by atoms with Crippen molar-refractivity contribution in [3.63, 3.8) is 0 Å². The maximum Gasteiger partial charge on any atom is 0.214 e. The Morgan fingerprint density at radius 3 is 2.48 bits per heavy atom. The van der Waals surface area contributed by atoms with E-state index in [2.05, 4.69) is 54.5 Å². The van der Waals surface area contributed by atoms with Crippen LogP contribution in [0.25, 0.3) is 10.9 Å². The van der Waals surface area contributed by atoms with Crippen molar-refractivity contribution < 1.29 is 13.2 Å². The Hall–Kier alpha value is -1.37. The van der Waals surface area contributed by atoms with Crippen LogP contribution in [0.4, 0.5) is 0 Å². The zero-order chi connectivity index (χ0) is 20.6. The van der Waals surface area contributed by atoms with E-state index in [1.165, 1.54) is 11.1 Å². The van der Waals surface area contributed by atoms with Crippen LogP contribution in [-0.2, 0) is 27.8 Å². The lowest BCUT2D eigenvalue weighted by molar-refractivity contribution is 0.0853. The Bertz CT molecular complexity index is 962. The molecule has 5 nitrogen and oxygen atoms in total. The van der Waals surface area contributed by atoms with Crippen molar-refractivity contribution in [3.8, 4) is 0 Å². The first-order valence-corrected chi connectivity index (χ1v) is 12.5. The monoisotopic (exact) mass is 418 g/mol. The molecule has 29 heavy (non-hydrogen) atoms. The smallest absolute Gasteiger partial charge is 0.214 e. The Kier molecular flexibility index (Phi) is 5.79. The van der Waals surface area contributed by atoms with Gasteiger partial charge in [0.1, 0.15) is 0 Å². The number of rotatable bonds is 6. The van der Waals surface area contributed by atoms with E-state index in [1.807, 2.05) is 0 Å². The number of aromatic nitrogens is 1. The number of fused-ring (bicyclic) bond motifs is 1. The predicted octanol–water partition coefficient (Wildman–Crippen LogP) is 4.55. The van der Waals surface area contributed by atoms with Gasteiger partial charge < -0.3 is 9.30 Å². The number of hydrogen-bond acceptors (Lipinski definition) is 3. The molecule has 2 heterocycles. The molecule has 1 saturated carbocycles. The van der Waals surface area contributed by atoms with Crippen molar-refractivity contribution in [1.82, 2.24) is 9.29 Å². The van der Waals surface area contributed by atoms with E-state index in [-0.39, 0.29) is 10.7 Å². The van der Waals surface area contributed by atoms with Crippen LogP contribution in [0.3, 0.4) is 0 Å². The summed E-state index contributed by atoms with van der Waals surface area (Å²) < 4.78 is 35.7. The quantitative estimate of drug-likeness (QED) is 0.748. The van der Waals surface area contributed by atoms with Gasteiger partial charge in [-0.2, -0.15) is 0 Å². The van der Waals surface area contributed by atoms with Crippen LogP contribution in [0, 0.1) is 5.41 Å². The zero-order valence-corrected chi connectivity index (χ0v) is 18.7. The van der Waals surface area contributed by atoms with Gasteiger partial charge in [0.25, 0.3) is 0 Å². The first-order chi connectivity index (χ1) is 13.7. The second kappa shape index (κ2) is 8.05. The van der Waals surface area contributed by atoms with Gasteiger partial charge in [-0.1, -0.05) is 39.3 Å². The first kappa shape index (κ1) is 20.9. The number of hydrogen-bond donors (Lipinski definition) is 1.